The van der Waals surface area contributed by atoms with Gasteiger partial charge < -0.3 is 4.90 Å². The van der Waals surface area contributed by atoms with Crippen LogP contribution in [-0.4, -0.2) is 45.7 Å². The second-order valence-electron chi connectivity index (χ2n) is 4.32. The molecule has 2 aromatic heterocycles. The first-order chi connectivity index (χ1) is 9.34. The van der Waals surface area contributed by atoms with E-state index in [1.807, 2.05) is 29.3 Å². The van der Waals surface area contributed by atoms with Crippen molar-refractivity contribution in [2.75, 3.05) is 31.1 Å². The van der Waals surface area contributed by atoms with Gasteiger partial charge in [-0.15, -0.1) is 0 Å². The first-order valence-corrected chi connectivity index (χ1v) is 6.86. The van der Waals surface area contributed by atoms with E-state index in [9.17, 15) is 4.79 Å². The van der Waals surface area contributed by atoms with Crippen LogP contribution in [0.4, 0.5) is 5.82 Å². The zero-order valence-corrected chi connectivity index (χ0v) is 11.1. The van der Waals surface area contributed by atoms with Gasteiger partial charge in [-0.05, 0) is 6.07 Å². The third-order valence-electron chi connectivity index (χ3n) is 3.18. The molecule has 1 amide bonds. The molecule has 0 aromatic carbocycles. The predicted molar refractivity (Wildman–Crippen MR) is 71.0 cm³/mol. The third kappa shape index (κ3) is 2.55. The van der Waals surface area contributed by atoms with Crippen molar-refractivity contribution in [2.24, 2.45) is 0 Å². The number of rotatable bonds is 2. The van der Waals surface area contributed by atoms with Crippen LogP contribution < -0.4 is 9.88 Å². The fourth-order valence-corrected chi connectivity index (χ4v) is 2.56. The van der Waals surface area contributed by atoms with Crippen molar-refractivity contribution in [1.82, 2.24) is 13.6 Å². The van der Waals surface area contributed by atoms with Gasteiger partial charge in [0.05, 0.1) is 37.2 Å². The number of anilines is 1. The number of amides is 1. The van der Waals surface area contributed by atoms with Gasteiger partial charge in [0.15, 0.2) is 5.69 Å². The van der Waals surface area contributed by atoms with Crippen LogP contribution in [0.25, 0.3) is 0 Å². The highest BCUT2D eigenvalue weighted by Gasteiger charge is 2.27. The number of piperazine rings is 1. The standard InChI is InChI=1S/C12H13N5OS/c18-12(10-9-14-19-15-10)17-7-5-16(6-8-17)11-3-1-2-4-13-11/h1-4,9H,5-8H2/p+1. The van der Waals surface area contributed by atoms with Crippen molar-refractivity contribution >= 4 is 23.5 Å². The Morgan fingerprint density at radius 2 is 2.11 bits per heavy atom. The number of nitrogens with one attached hydrogen (secondary N) is 1. The molecule has 19 heavy (non-hydrogen) atoms. The fourth-order valence-electron chi connectivity index (χ4n) is 2.15. The number of hydrogen-bond donors (Lipinski definition) is 0. The lowest BCUT2D eigenvalue weighted by Gasteiger charge is -2.30. The van der Waals surface area contributed by atoms with Crippen molar-refractivity contribution in [2.45, 2.75) is 0 Å². The van der Waals surface area contributed by atoms with E-state index in [4.69, 9.17) is 0 Å². The molecule has 1 fully saturated rings. The summed E-state index contributed by atoms with van der Waals surface area (Å²) >= 11 is 1.07. The molecule has 0 saturated carbocycles. The summed E-state index contributed by atoms with van der Waals surface area (Å²) in [6.07, 6.45) is 3.44. The quantitative estimate of drug-likeness (QED) is 0.792. The molecule has 2 aromatic rings. The lowest BCUT2D eigenvalue weighted by molar-refractivity contribution is -0.364. The zero-order valence-electron chi connectivity index (χ0n) is 10.3. The number of nitrogens with zero attached hydrogens (tertiary/aromatic N) is 4. The molecule has 1 aliphatic rings. The first-order valence-electron chi connectivity index (χ1n) is 6.13. The number of pyridine rings is 1. The molecule has 0 aliphatic carbocycles. The summed E-state index contributed by atoms with van der Waals surface area (Å²) in [6.45, 7) is 3.06. The van der Waals surface area contributed by atoms with E-state index in [-0.39, 0.29) is 5.91 Å². The van der Waals surface area contributed by atoms with E-state index >= 15 is 0 Å². The van der Waals surface area contributed by atoms with Crippen LogP contribution in [0.2, 0.25) is 0 Å². The lowest BCUT2D eigenvalue weighted by atomic mass is 10.2. The Labute approximate surface area is 115 Å². The second kappa shape index (κ2) is 5.31. The minimum absolute atomic E-state index is 0.0227. The highest BCUT2D eigenvalue weighted by atomic mass is 32.1. The number of H-pyrrole nitrogens is 1. The van der Waals surface area contributed by atoms with E-state index in [1.165, 1.54) is 6.20 Å². The zero-order chi connectivity index (χ0) is 13.1. The number of aromatic nitrogens is 3. The van der Waals surface area contributed by atoms with E-state index < -0.39 is 0 Å². The molecule has 6 nitrogen and oxygen atoms in total. The van der Waals surface area contributed by atoms with Crippen molar-refractivity contribution in [3.05, 3.63) is 36.3 Å². The Balaban J connectivity index is 1.62. The summed E-state index contributed by atoms with van der Waals surface area (Å²) in [5, 5.41) is 0. The molecule has 0 atom stereocenters. The Kier molecular flexibility index (Phi) is 3.37. The summed E-state index contributed by atoms with van der Waals surface area (Å²) in [4.78, 5) is 19.4. The summed E-state index contributed by atoms with van der Waals surface area (Å²) in [6, 6.07) is 6.00. The minimum atomic E-state index is -0.0227. The van der Waals surface area contributed by atoms with Crippen LogP contribution in [0, 0.1) is 0 Å². The van der Waals surface area contributed by atoms with Crippen LogP contribution in [0.3, 0.4) is 0 Å². The van der Waals surface area contributed by atoms with Gasteiger partial charge in [0, 0.05) is 6.07 Å². The number of hydrogen-bond acceptors (Lipinski definition) is 5. The first kappa shape index (κ1) is 12.0. The molecule has 7 heteroatoms. The van der Waals surface area contributed by atoms with Crippen LogP contribution in [0.15, 0.2) is 30.6 Å². The predicted octanol–water partition coefficient (Wildman–Crippen LogP) is 0.315. The van der Waals surface area contributed by atoms with E-state index in [1.54, 1.807) is 0 Å². The van der Waals surface area contributed by atoms with Gasteiger partial charge in [0.2, 0.25) is 0 Å². The topological polar surface area (TPSA) is 63.5 Å². The Hall–Kier alpha value is -2.02. The molecule has 3 rings (SSSR count). The second-order valence-corrected chi connectivity index (χ2v) is 4.88. The van der Waals surface area contributed by atoms with E-state index in [0.717, 1.165) is 30.6 Å². The van der Waals surface area contributed by atoms with Gasteiger partial charge in [-0.3, -0.25) is 9.69 Å². The summed E-state index contributed by atoms with van der Waals surface area (Å²) in [5.41, 5.74) is 0.449. The number of carbonyl (C=O) groups is 1. The molecular formula is C12H14N5OS+. The van der Waals surface area contributed by atoms with Gasteiger partial charge >= 0.3 is 0 Å². The molecule has 1 saturated heterocycles. The maximum atomic E-state index is 12.1. The fraction of sp³-hybridized carbons (Fsp3) is 0.333. The third-order valence-corrected chi connectivity index (χ3v) is 3.66. The monoisotopic (exact) mass is 276 g/mol. The van der Waals surface area contributed by atoms with Gasteiger partial charge in [0.1, 0.15) is 13.1 Å². The molecule has 1 N–H and O–H groups in total. The summed E-state index contributed by atoms with van der Waals surface area (Å²) in [5.74, 6) is 1.07. The average molecular weight is 276 g/mol. The molecule has 1 aliphatic heterocycles. The van der Waals surface area contributed by atoms with Gasteiger partial charge in [-0.2, -0.15) is 8.75 Å². The van der Waals surface area contributed by atoms with Crippen LogP contribution in [0.1, 0.15) is 10.5 Å². The van der Waals surface area contributed by atoms with Crippen molar-refractivity contribution in [1.29, 1.82) is 0 Å². The van der Waals surface area contributed by atoms with Crippen molar-refractivity contribution in [3.8, 4) is 0 Å². The van der Waals surface area contributed by atoms with Crippen molar-refractivity contribution < 1.29 is 9.78 Å². The number of aromatic amines is 1. The van der Waals surface area contributed by atoms with Crippen LogP contribution >= 0.6 is 11.7 Å². The van der Waals surface area contributed by atoms with E-state index in [0.29, 0.717) is 18.8 Å². The van der Waals surface area contributed by atoms with Gasteiger partial charge in [-0.1, -0.05) is 6.07 Å². The Bertz CT molecular complexity index is 537. The molecule has 0 spiro atoms. The van der Waals surface area contributed by atoms with Gasteiger partial charge in [0.25, 0.3) is 11.7 Å². The van der Waals surface area contributed by atoms with E-state index in [2.05, 4.69) is 18.6 Å². The maximum absolute atomic E-state index is 12.1. The Morgan fingerprint density at radius 1 is 1.26 bits per heavy atom. The average Bonchev–Trinajstić information content (AvgIpc) is 3.02. The number of carbonyl (C=O) groups excluding carboxylic acids is 1. The lowest BCUT2D eigenvalue weighted by Crippen LogP contribution is -2.50. The molecular weight excluding hydrogens is 262 g/mol. The maximum Gasteiger partial charge on any atom is 0.275 e. The molecule has 0 unspecified atom stereocenters. The largest absolute Gasteiger partial charge is 0.329 e. The highest BCUT2D eigenvalue weighted by molar-refractivity contribution is 6.99. The molecule has 0 radical (unpaired) electrons. The minimum Gasteiger partial charge on any atom is -0.329 e. The normalized spacial score (nSPS) is 15.6. The molecule has 0 bridgehead atoms. The van der Waals surface area contributed by atoms with Gasteiger partial charge in [-0.25, -0.2) is 4.98 Å². The van der Waals surface area contributed by atoms with Crippen LogP contribution in [0.5, 0.6) is 0 Å². The van der Waals surface area contributed by atoms with Crippen LogP contribution in [-0.2, 0) is 0 Å². The SMILES string of the molecule is O=C(c1cnsn1)N1CCN(c2cccc[nH+]2)CC1. The highest BCUT2D eigenvalue weighted by Crippen LogP contribution is 2.11. The summed E-state index contributed by atoms with van der Waals surface area (Å²) in [7, 11) is 0. The Morgan fingerprint density at radius 3 is 2.74 bits per heavy atom. The smallest absolute Gasteiger partial charge is 0.275 e. The molecule has 3 heterocycles. The summed E-state index contributed by atoms with van der Waals surface area (Å²) < 4.78 is 7.86. The molecule has 98 valence electrons. The van der Waals surface area contributed by atoms with Crippen molar-refractivity contribution in [3.63, 3.8) is 0 Å².